The number of fused-ring (bicyclic) bond motifs is 2. The second-order valence-electron chi connectivity index (χ2n) is 6.07. The lowest BCUT2D eigenvalue weighted by Crippen LogP contribution is -2.29. The van der Waals surface area contributed by atoms with Gasteiger partial charge in [-0.2, -0.15) is 0 Å². The molecule has 0 saturated carbocycles. The number of thiazole rings is 1. The van der Waals surface area contributed by atoms with E-state index in [4.69, 9.17) is 0 Å². The van der Waals surface area contributed by atoms with Crippen molar-refractivity contribution in [3.8, 4) is 0 Å². The Balaban J connectivity index is 1.53. The van der Waals surface area contributed by atoms with Crippen molar-refractivity contribution in [1.82, 2.24) is 24.9 Å². The van der Waals surface area contributed by atoms with E-state index in [-0.39, 0.29) is 5.91 Å². The molecule has 7 nitrogen and oxygen atoms in total. The Labute approximate surface area is 149 Å². The van der Waals surface area contributed by atoms with Crippen molar-refractivity contribution in [2.45, 2.75) is 33.4 Å². The Kier molecular flexibility index (Phi) is 4.22. The summed E-state index contributed by atoms with van der Waals surface area (Å²) in [5.41, 5.74) is 3.35. The lowest BCUT2D eigenvalue weighted by atomic mass is 10.2. The summed E-state index contributed by atoms with van der Waals surface area (Å²) in [6, 6.07) is 5.47. The van der Waals surface area contributed by atoms with E-state index in [0.29, 0.717) is 10.7 Å². The van der Waals surface area contributed by atoms with Crippen LogP contribution in [0.5, 0.6) is 0 Å². The van der Waals surface area contributed by atoms with Crippen LogP contribution in [0.2, 0.25) is 0 Å². The molecule has 1 amide bonds. The monoisotopic (exact) mass is 356 g/mol. The number of amides is 1. The quantitative estimate of drug-likeness (QED) is 0.777. The van der Waals surface area contributed by atoms with Crippen LogP contribution in [-0.2, 0) is 19.5 Å². The Morgan fingerprint density at radius 1 is 1.32 bits per heavy atom. The molecule has 2 aromatic heterocycles. The van der Waals surface area contributed by atoms with Gasteiger partial charge in [-0.1, -0.05) is 12.1 Å². The number of aromatic nitrogens is 4. The highest BCUT2D eigenvalue weighted by atomic mass is 32.1. The van der Waals surface area contributed by atoms with Crippen molar-refractivity contribution >= 4 is 33.4 Å². The summed E-state index contributed by atoms with van der Waals surface area (Å²) in [5.74, 6) is -0.161. The molecular weight excluding hydrogens is 336 g/mol. The van der Waals surface area contributed by atoms with E-state index in [9.17, 15) is 4.79 Å². The molecule has 1 aliphatic heterocycles. The highest BCUT2D eigenvalue weighted by Gasteiger charge is 2.20. The van der Waals surface area contributed by atoms with E-state index in [0.717, 1.165) is 49.3 Å². The first-order valence-corrected chi connectivity index (χ1v) is 9.35. The number of hydrogen-bond donors (Lipinski definition) is 1. The lowest BCUT2D eigenvalue weighted by Gasteiger charge is -2.23. The molecule has 3 aromatic rings. The largest absolute Gasteiger partial charge is 0.298 e. The number of anilines is 1. The third-order valence-corrected chi connectivity index (χ3v) is 5.55. The number of benzene rings is 1. The number of carbonyl (C=O) groups is 1. The normalized spacial score (nSPS) is 14.6. The Morgan fingerprint density at radius 2 is 2.20 bits per heavy atom. The molecule has 0 spiro atoms. The van der Waals surface area contributed by atoms with Crippen molar-refractivity contribution in [3.05, 3.63) is 34.3 Å². The molecule has 0 unspecified atom stereocenters. The highest BCUT2D eigenvalue weighted by molar-refractivity contribution is 7.15. The molecule has 3 heterocycles. The minimum absolute atomic E-state index is 0.161. The zero-order valence-electron chi connectivity index (χ0n) is 14.3. The number of carbonyl (C=O) groups excluding carboxylic acids is 1. The number of nitrogens with one attached hydrogen (secondary N) is 1. The van der Waals surface area contributed by atoms with Crippen LogP contribution in [0.4, 0.5) is 5.13 Å². The molecule has 0 radical (unpaired) electrons. The minimum atomic E-state index is -0.161. The van der Waals surface area contributed by atoms with Crippen LogP contribution < -0.4 is 5.32 Å². The van der Waals surface area contributed by atoms with E-state index in [1.54, 1.807) is 23.5 Å². The topological polar surface area (TPSA) is 75.9 Å². The Hall–Kier alpha value is -2.32. The zero-order valence-corrected chi connectivity index (χ0v) is 15.1. The first-order chi connectivity index (χ1) is 12.2. The first kappa shape index (κ1) is 16.2. The van der Waals surface area contributed by atoms with Gasteiger partial charge in [0.05, 0.1) is 11.2 Å². The number of hydrogen-bond acceptors (Lipinski definition) is 6. The predicted molar refractivity (Wildman–Crippen MR) is 97.9 cm³/mol. The van der Waals surface area contributed by atoms with Gasteiger partial charge in [-0.05, 0) is 31.7 Å². The number of likely N-dealkylation sites (N-methyl/N-ethyl adjacent to an activating group) is 1. The second-order valence-corrected chi connectivity index (χ2v) is 7.15. The van der Waals surface area contributed by atoms with Crippen molar-refractivity contribution in [2.75, 3.05) is 18.4 Å². The third-order valence-electron chi connectivity index (χ3n) is 4.55. The van der Waals surface area contributed by atoms with Crippen LogP contribution in [0, 0.1) is 0 Å². The SMILES string of the molecule is CCN1CCc2nc(NC(=O)c3ccc4c(c3)nnn4CC)sc2C1. The zero-order chi connectivity index (χ0) is 17.4. The molecule has 0 aliphatic carbocycles. The van der Waals surface area contributed by atoms with Crippen molar-refractivity contribution in [1.29, 1.82) is 0 Å². The van der Waals surface area contributed by atoms with E-state index < -0.39 is 0 Å². The third kappa shape index (κ3) is 3.03. The van der Waals surface area contributed by atoms with Gasteiger partial charge in [0, 0.05) is 36.5 Å². The maximum absolute atomic E-state index is 12.6. The smallest absolute Gasteiger partial charge is 0.257 e. The molecular formula is C17H20N6OS. The Bertz CT molecular complexity index is 931. The van der Waals surface area contributed by atoms with E-state index >= 15 is 0 Å². The van der Waals surface area contributed by atoms with Gasteiger partial charge in [-0.25, -0.2) is 9.67 Å². The predicted octanol–water partition coefficient (Wildman–Crippen LogP) is 2.54. The van der Waals surface area contributed by atoms with Gasteiger partial charge in [-0.15, -0.1) is 16.4 Å². The molecule has 4 rings (SSSR count). The van der Waals surface area contributed by atoms with Crippen LogP contribution in [0.25, 0.3) is 11.0 Å². The lowest BCUT2D eigenvalue weighted by molar-refractivity contribution is 0.102. The summed E-state index contributed by atoms with van der Waals surface area (Å²) in [6.45, 7) is 7.92. The van der Waals surface area contributed by atoms with E-state index in [1.807, 2.05) is 17.7 Å². The van der Waals surface area contributed by atoms with Crippen LogP contribution in [0.1, 0.15) is 34.8 Å². The van der Waals surface area contributed by atoms with Gasteiger partial charge in [0.2, 0.25) is 0 Å². The minimum Gasteiger partial charge on any atom is -0.298 e. The fraction of sp³-hybridized carbons (Fsp3) is 0.412. The molecule has 0 atom stereocenters. The molecule has 25 heavy (non-hydrogen) atoms. The number of aryl methyl sites for hydroxylation is 1. The van der Waals surface area contributed by atoms with Crippen LogP contribution in [-0.4, -0.2) is 43.9 Å². The van der Waals surface area contributed by atoms with Gasteiger partial charge in [0.1, 0.15) is 5.52 Å². The van der Waals surface area contributed by atoms with E-state index in [1.165, 1.54) is 4.88 Å². The van der Waals surface area contributed by atoms with E-state index in [2.05, 4.69) is 32.4 Å². The molecule has 0 saturated heterocycles. The summed E-state index contributed by atoms with van der Waals surface area (Å²) in [6.07, 6.45) is 0.946. The fourth-order valence-corrected chi connectivity index (χ4v) is 4.13. The molecule has 1 aliphatic rings. The van der Waals surface area contributed by atoms with Gasteiger partial charge in [0.15, 0.2) is 5.13 Å². The Morgan fingerprint density at radius 3 is 3.00 bits per heavy atom. The van der Waals surface area contributed by atoms with Gasteiger partial charge in [0.25, 0.3) is 5.91 Å². The number of nitrogens with zero attached hydrogens (tertiary/aromatic N) is 5. The van der Waals surface area contributed by atoms with Gasteiger partial charge < -0.3 is 0 Å². The molecule has 0 bridgehead atoms. The maximum Gasteiger partial charge on any atom is 0.257 e. The highest BCUT2D eigenvalue weighted by Crippen LogP contribution is 2.28. The van der Waals surface area contributed by atoms with Crippen LogP contribution in [0.15, 0.2) is 18.2 Å². The first-order valence-electron chi connectivity index (χ1n) is 8.53. The summed E-state index contributed by atoms with van der Waals surface area (Å²) in [7, 11) is 0. The fourth-order valence-electron chi connectivity index (χ4n) is 3.09. The van der Waals surface area contributed by atoms with Crippen molar-refractivity contribution in [2.24, 2.45) is 0 Å². The molecule has 130 valence electrons. The van der Waals surface area contributed by atoms with Gasteiger partial charge in [-0.3, -0.25) is 15.0 Å². The van der Waals surface area contributed by atoms with Crippen molar-refractivity contribution < 1.29 is 4.79 Å². The summed E-state index contributed by atoms with van der Waals surface area (Å²) in [5, 5.41) is 11.8. The summed E-state index contributed by atoms with van der Waals surface area (Å²) in [4.78, 5) is 20.8. The second kappa shape index (κ2) is 6.53. The van der Waals surface area contributed by atoms with Gasteiger partial charge >= 0.3 is 0 Å². The average molecular weight is 356 g/mol. The van der Waals surface area contributed by atoms with Crippen LogP contribution >= 0.6 is 11.3 Å². The molecule has 1 N–H and O–H groups in total. The average Bonchev–Trinajstić information content (AvgIpc) is 3.23. The van der Waals surface area contributed by atoms with Crippen molar-refractivity contribution in [3.63, 3.8) is 0 Å². The maximum atomic E-state index is 12.6. The summed E-state index contributed by atoms with van der Waals surface area (Å²) < 4.78 is 1.81. The molecule has 1 aromatic carbocycles. The van der Waals surface area contributed by atoms with Crippen LogP contribution in [0.3, 0.4) is 0 Å². The standard InChI is InChI=1S/C17H20N6OS/c1-3-22-8-7-12-15(10-22)25-17(18-12)19-16(24)11-5-6-14-13(9-11)20-21-23(14)4-2/h5-6,9H,3-4,7-8,10H2,1-2H3,(H,18,19,24). The number of rotatable bonds is 4. The summed E-state index contributed by atoms with van der Waals surface area (Å²) >= 11 is 1.57. The molecule has 8 heteroatoms. The molecule has 0 fully saturated rings.